The summed E-state index contributed by atoms with van der Waals surface area (Å²) in [5.74, 6) is 0.303. The zero-order valence-electron chi connectivity index (χ0n) is 16.3. The number of hydrogen-bond donors (Lipinski definition) is 1. The van der Waals surface area contributed by atoms with Crippen molar-refractivity contribution in [2.75, 3.05) is 0 Å². The van der Waals surface area contributed by atoms with E-state index >= 15 is 0 Å². The molecule has 0 saturated carbocycles. The van der Waals surface area contributed by atoms with Gasteiger partial charge >= 0.3 is 0 Å². The highest BCUT2D eigenvalue weighted by molar-refractivity contribution is 7.80. The van der Waals surface area contributed by atoms with Crippen LogP contribution in [0.5, 0.6) is 5.75 Å². The van der Waals surface area contributed by atoms with E-state index in [0.717, 1.165) is 0 Å². The standard InChI is InChI=1S/C28H19OP.BH3/c29-22-13-15-24(16-14-22)30(23-7-2-1-3-8-23)26-18-12-21-10-9-19-5-4-6-20-11-17-25(26)28(21)27(19)20;/h1-18,29H;1H3. The van der Waals surface area contributed by atoms with Crippen molar-refractivity contribution in [2.24, 2.45) is 0 Å². The SMILES string of the molecule is B.Oc1ccc(P(c2ccccc2)c2ccc3ccc4cccc5ccc2c3c45)cc1. The Morgan fingerprint density at radius 3 is 1.77 bits per heavy atom. The smallest absolute Gasteiger partial charge is 0.115 e. The van der Waals surface area contributed by atoms with Crippen LogP contribution in [0.2, 0.25) is 0 Å². The second kappa shape index (κ2) is 7.73. The quantitative estimate of drug-likeness (QED) is 0.248. The number of phenolic OH excluding ortho intramolecular Hbond substituents is 1. The van der Waals surface area contributed by atoms with Crippen molar-refractivity contribution in [3.8, 4) is 5.75 Å². The number of rotatable bonds is 3. The van der Waals surface area contributed by atoms with Crippen LogP contribution >= 0.6 is 7.92 Å². The highest BCUT2D eigenvalue weighted by Crippen LogP contribution is 2.40. The highest BCUT2D eigenvalue weighted by Gasteiger charge is 2.20. The first-order valence-corrected chi connectivity index (χ1v) is 11.4. The first-order valence-electron chi connectivity index (χ1n) is 10.1. The fourth-order valence-electron chi connectivity index (χ4n) is 4.52. The summed E-state index contributed by atoms with van der Waals surface area (Å²) < 4.78 is 0. The van der Waals surface area contributed by atoms with Gasteiger partial charge in [0.25, 0.3) is 0 Å². The van der Waals surface area contributed by atoms with Crippen molar-refractivity contribution in [3.05, 3.63) is 109 Å². The van der Waals surface area contributed by atoms with Crippen molar-refractivity contribution in [3.63, 3.8) is 0 Å². The molecule has 31 heavy (non-hydrogen) atoms. The molecule has 1 atom stereocenters. The second-order valence-corrected chi connectivity index (χ2v) is 9.81. The van der Waals surface area contributed by atoms with Crippen LogP contribution in [-0.4, -0.2) is 13.5 Å². The van der Waals surface area contributed by atoms with Gasteiger partial charge in [-0.1, -0.05) is 97.1 Å². The Hall–Kier alpha value is -3.35. The maximum absolute atomic E-state index is 9.84. The number of aromatic hydroxyl groups is 1. The molecular formula is C28H22BOP. The van der Waals surface area contributed by atoms with Gasteiger partial charge in [0, 0.05) is 0 Å². The van der Waals surface area contributed by atoms with Gasteiger partial charge < -0.3 is 5.11 Å². The molecule has 148 valence electrons. The zero-order valence-corrected chi connectivity index (χ0v) is 17.2. The van der Waals surface area contributed by atoms with E-state index in [1.165, 1.54) is 48.2 Å². The molecule has 0 aromatic heterocycles. The van der Waals surface area contributed by atoms with Crippen LogP contribution in [-0.2, 0) is 0 Å². The van der Waals surface area contributed by atoms with Crippen molar-refractivity contribution in [1.82, 2.24) is 0 Å². The molecule has 6 aromatic carbocycles. The van der Waals surface area contributed by atoms with E-state index in [9.17, 15) is 5.11 Å². The van der Waals surface area contributed by atoms with E-state index in [0.29, 0.717) is 5.75 Å². The van der Waals surface area contributed by atoms with E-state index in [4.69, 9.17) is 0 Å². The Balaban J connectivity index is 0.00000204. The molecule has 0 aliphatic rings. The van der Waals surface area contributed by atoms with E-state index in [1.54, 1.807) is 12.1 Å². The van der Waals surface area contributed by atoms with Crippen LogP contribution in [0, 0.1) is 0 Å². The molecule has 1 unspecified atom stereocenters. The Bertz CT molecular complexity index is 1480. The van der Waals surface area contributed by atoms with Gasteiger partial charge in [-0.3, -0.25) is 0 Å². The van der Waals surface area contributed by atoms with Crippen LogP contribution in [0.4, 0.5) is 0 Å². The molecule has 0 amide bonds. The summed E-state index contributed by atoms with van der Waals surface area (Å²) in [6.45, 7) is 0. The molecule has 0 heterocycles. The van der Waals surface area contributed by atoms with E-state index < -0.39 is 7.92 Å². The van der Waals surface area contributed by atoms with Gasteiger partial charge in [0.2, 0.25) is 0 Å². The Labute approximate surface area is 184 Å². The maximum atomic E-state index is 9.84. The van der Waals surface area contributed by atoms with E-state index in [-0.39, 0.29) is 8.41 Å². The number of hydrogen-bond acceptors (Lipinski definition) is 1. The average Bonchev–Trinajstić information content (AvgIpc) is 2.80. The lowest BCUT2D eigenvalue weighted by molar-refractivity contribution is 0.475. The van der Waals surface area contributed by atoms with Gasteiger partial charge in [0.05, 0.1) is 8.41 Å². The molecule has 1 nitrogen and oxygen atoms in total. The molecule has 0 aliphatic heterocycles. The molecule has 6 rings (SSSR count). The molecule has 0 spiro atoms. The fourth-order valence-corrected chi connectivity index (χ4v) is 6.94. The summed E-state index contributed by atoms with van der Waals surface area (Å²) in [5.41, 5.74) is 0. The monoisotopic (exact) mass is 416 g/mol. The summed E-state index contributed by atoms with van der Waals surface area (Å²) in [5, 5.41) is 21.6. The van der Waals surface area contributed by atoms with Crippen LogP contribution in [0.25, 0.3) is 32.3 Å². The lowest BCUT2D eigenvalue weighted by Gasteiger charge is -2.22. The largest absolute Gasteiger partial charge is 0.508 e. The number of phenols is 1. The minimum atomic E-state index is -0.747. The predicted molar refractivity (Wildman–Crippen MR) is 140 cm³/mol. The minimum absolute atomic E-state index is 0. The van der Waals surface area contributed by atoms with E-state index in [2.05, 4.69) is 97.1 Å². The lowest BCUT2D eigenvalue weighted by Crippen LogP contribution is -2.21. The van der Waals surface area contributed by atoms with Crippen LogP contribution in [0.15, 0.2) is 109 Å². The first kappa shape index (κ1) is 19.6. The molecule has 1 N–H and O–H groups in total. The topological polar surface area (TPSA) is 20.2 Å². The van der Waals surface area contributed by atoms with Crippen molar-refractivity contribution >= 4 is 64.6 Å². The Kier molecular flexibility index (Phi) is 4.89. The third-order valence-electron chi connectivity index (χ3n) is 5.87. The highest BCUT2D eigenvalue weighted by atomic mass is 31.1. The molecule has 0 fully saturated rings. The van der Waals surface area contributed by atoms with Crippen LogP contribution in [0.3, 0.4) is 0 Å². The summed E-state index contributed by atoms with van der Waals surface area (Å²) in [6, 6.07) is 38.6. The molecule has 3 heteroatoms. The molecule has 6 aromatic rings. The third-order valence-corrected chi connectivity index (χ3v) is 8.37. The van der Waals surface area contributed by atoms with Crippen LogP contribution < -0.4 is 15.9 Å². The van der Waals surface area contributed by atoms with Gasteiger partial charge in [-0.2, -0.15) is 0 Å². The summed E-state index contributed by atoms with van der Waals surface area (Å²) in [6.07, 6.45) is 0. The number of benzene rings is 6. The lowest BCUT2D eigenvalue weighted by atomic mass is 9.94. The zero-order chi connectivity index (χ0) is 20.1. The van der Waals surface area contributed by atoms with Gasteiger partial charge in [-0.15, -0.1) is 0 Å². The molecule has 0 saturated heterocycles. The predicted octanol–water partition coefficient (Wildman–Crippen LogP) is 4.86. The van der Waals surface area contributed by atoms with Gasteiger partial charge in [-0.05, 0) is 68.3 Å². The molecule has 0 bridgehead atoms. The minimum Gasteiger partial charge on any atom is -0.508 e. The van der Waals surface area contributed by atoms with Gasteiger partial charge in [0.1, 0.15) is 5.75 Å². The second-order valence-electron chi connectivity index (χ2n) is 7.63. The van der Waals surface area contributed by atoms with Crippen LogP contribution in [0.1, 0.15) is 0 Å². The molecule has 0 aliphatic carbocycles. The normalized spacial score (nSPS) is 12.3. The van der Waals surface area contributed by atoms with Crippen molar-refractivity contribution < 1.29 is 5.11 Å². The van der Waals surface area contributed by atoms with E-state index in [1.807, 2.05) is 0 Å². The summed E-state index contributed by atoms with van der Waals surface area (Å²) in [4.78, 5) is 0. The van der Waals surface area contributed by atoms with Crippen molar-refractivity contribution in [2.45, 2.75) is 0 Å². The Morgan fingerprint density at radius 2 is 1.06 bits per heavy atom. The molecular weight excluding hydrogens is 394 g/mol. The average molecular weight is 416 g/mol. The van der Waals surface area contributed by atoms with Gasteiger partial charge in [0.15, 0.2) is 0 Å². The molecule has 0 radical (unpaired) electrons. The summed E-state index contributed by atoms with van der Waals surface area (Å²) >= 11 is 0. The summed E-state index contributed by atoms with van der Waals surface area (Å²) in [7, 11) is -0.747. The third kappa shape index (κ3) is 3.16. The maximum Gasteiger partial charge on any atom is 0.115 e. The fraction of sp³-hybridized carbons (Fsp3) is 0. The van der Waals surface area contributed by atoms with Crippen molar-refractivity contribution in [1.29, 1.82) is 0 Å². The Morgan fingerprint density at radius 1 is 0.484 bits per heavy atom. The van der Waals surface area contributed by atoms with Gasteiger partial charge in [-0.25, -0.2) is 0 Å². The first-order chi connectivity index (χ1) is 14.8.